The Kier molecular flexibility index (Phi) is 7.50. The van der Waals surface area contributed by atoms with E-state index in [1.807, 2.05) is 11.9 Å². The molecule has 0 saturated carbocycles. The SMILES string of the molecule is CN=C(NCC(c1ccc(C)cc1)N(C)C)N1CCN(C(=O)C2CCCO2)CC1. The number of nitrogens with one attached hydrogen (secondary N) is 1. The molecule has 1 amide bonds. The van der Waals surface area contributed by atoms with Gasteiger partial charge in [0, 0.05) is 46.4 Å². The highest BCUT2D eigenvalue weighted by Crippen LogP contribution is 2.19. The number of carbonyl (C=O) groups is 1. The summed E-state index contributed by atoms with van der Waals surface area (Å²) in [6.07, 6.45) is 1.61. The third-order valence-electron chi connectivity index (χ3n) is 5.85. The molecule has 2 fully saturated rings. The number of aryl methyl sites for hydroxylation is 1. The number of aliphatic imine (C=N–C) groups is 1. The molecule has 2 aliphatic heterocycles. The van der Waals surface area contributed by atoms with E-state index in [1.165, 1.54) is 11.1 Å². The molecule has 29 heavy (non-hydrogen) atoms. The molecule has 2 atom stereocenters. The number of ether oxygens (including phenoxy) is 1. The quantitative estimate of drug-likeness (QED) is 0.599. The molecule has 0 radical (unpaired) electrons. The third-order valence-corrected chi connectivity index (χ3v) is 5.85. The summed E-state index contributed by atoms with van der Waals surface area (Å²) in [5.74, 6) is 1.05. The van der Waals surface area contributed by atoms with Crippen molar-refractivity contribution in [1.82, 2.24) is 20.0 Å². The summed E-state index contributed by atoms with van der Waals surface area (Å²) < 4.78 is 5.55. The number of hydrogen-bond acceptors (Lipinski definition) is 4. The van der Waals surface area contributed by atoms with E-state index in [1.54, 1.807) is 0 Å². The third kappa shape index (κ3) is 5.48. The van der Waals surface area contributed by atoms with E-state index in [4.69, 9.17) is 4.74 Å². The Morgan fingerprint density at radius 3 is 2.41 bits per heavy atom. The average molecular weight is 402 g/mol. The highest BCUT2D eigenvalue weighted by atomic mass is 16.5. The Morgan fingerprint density at radius 2 is 1.86 bits per heavy atom. The van der Waals surface area contributed by atoms with Gasteiger partial charge in [0.25, 0.3) is 5.91 Å². The van der Waals surface area contributed by atoms with Gasteiger partial charge in [-0.2, -0.15) is 0 Å². The van der Waals surface area contributed by atoms with E-state index in [0.717, 1.165) is 38.4 Å². The van der Waals surface area contributed by atoms with Crippen molar-refractivity contribution in [3.63, 3.8) is 0 Å². The monoisotopic (exact) mass is 401 g/mol. The molecule has 7 heteroatoms. The minimum absolute atomic E-state index is 0.150. The van der Waals surface area contributed by atoms with Gasteiger partial charge in [-0.05, 0) is 39.4 Å². The Balaban J connectivity index is 1.53. The van der Waals surface area contributed by atoms with Gasteiger partial charge in [-0.15, -0.1) is 0 Å². The van der Waals surface area contributed by atoms with Crippen LogP contribution in [0, 0.1) is 6.92 Å². The van der Waals surface area contributed by atoms with Gasteiger partial charge in [0.05, 0.1) is 6.04 Å². The van der Waals surface area contributed by atoms with Crippen LogP contribution in [-0.4, -0.2) is 93.1 Å². The van der Waals surface area contributed by atoms with Crippen molar-refractivity contribution < 1.29 is 9.53 Å². The Hall–Kier alpha value is -2.12. The molecule has 1 N–H and O–H groups in total. The Morgan fingerprint density at radius 1 is 1.21 bits per heavy atom. The van der Waals surface area contributed by atoms with E-state index >= 15 is 0 Å². The zero-order valence-electron chi connectivity index (χ0n) is 18.2. The first-order valence-corrected chi connectivity index (χ1v) is 10.6. The van der Waals surface area contributed by atoms with Crippen molar-refractivity contribution in [2.45, 2.75) is 31.9 Å². The van der Waals surface area contributed by atoms with Gasteiger partial charge in [-0.3, -0.25) is 9.79 Å². The van der Waals surface area contributed by atoms with E-state index in [9.17, 15) is 4.79 Å². The summed E-state index contributed by atoms with van der Waals surface area (Å²) in [6.45, 7) is 6.60. The number of amides is 1. The number of carbonyl (C=O) groups excluding carboxylic acids is 1. The van der Waals surface area contributed by atoms with Crippen LogP contribution in [0.15, 0.2) is 29.3 Å². The molecule has 0 aliphatic carbocycles. The van der Waals surface area contributed by atoms with E-state index < -0.39 is 0 Å². The van der Waals surface area contributed by atoms with Crippen molar-refractivity contribution >= 4 is 11.9 Å². The maximum Gasteiger partial charge on any atom is 0.251 e. The van der Waals surface area contributed by atoms with Gasteiger partial charge in [0.15, 0.2) is 5.96 Å². The molecule has 0 spiro atoms. The van der Waals surface area contributed by atoms with Crippen LogP contribution in [0.3, 0.4) is 0 Å². The minimum Gasteiger partial charge on any atom is -0.368 e. The van der Waals surface area contributed by atoms with E-state index in [2.05, 4.69) is 65.4 Å². The largest absolute Gasteiger partial charge is 0.368 e. The number of benzene rings is 1. The normalized spacial score (nSPS) is 21.6. The maximum absolute atomic E-state index is 12.5. The first kappa shape index (κ1) is 21.6. The summed E-state index contributed by atoms with van der Waals surface area (Å²) in [5.41, 5.74) is 2.56. The van der Waals surface area contributed by atoms with Crippen LogP contribution in [0.5, 0.6) is 0 Å². The molecule has 0 aromatic heterocycles. The zero-order valence-corrected chi connectivity index (χ0v) is 18.2. The predicted octanol–water partition coefficient (Wildman–Crippen LogP) is 1.50. The van der Waals surface area contributed by atoms with Gasteiger partial charge in [0.1, 0.15) is 6.10 Å². The number of rotatable bonds is 5. The summed E-state index contributed by atoms with van der Waals surface area (Å²) in [6, 6.07) is 8.96. The average Bonchev–Trinajstić information content (AvgIpc) is 3.27. The standard InChI is InChI=1S/C22H35N5O2/c1-17-7-9-18(10-8-17)19(25(3)4)16-24-22(23-2)27-13-11-26(12-14-27)21(28)20-6-5-15-29-20/h7-10,19-20H,5-6,11-16H2,1-4H3,(H,23,24). The Bertz CT molecular complexity index is 690. The van der Waals surface area contributed by atoms with Crippen molar-refractivity contribution in [2.24, 2.45) is 4.99 Å². The molecule has 2 heterocycles. The fourth-order valence-electron chi connectivity index (χ4n) is 4.02. The van der Waals surface area contributed by atoms with Crippen molar-refractivity contribution in [3.05, 3.63) is 35.4 Å². The molecule has 0 bridgehead atoms. The lowest BCUT2D eigenvalue weighted by atomic mass is 10.0. The van der Waals surface area contributed by atoms with Gasteiger partial charge < -0.3 is 24.8 Å². The minimum atomic E-state index is -0.227. The number of guanidine groups is 1. The van der Waals surface area contributed by atoms with Crippen molar-refractivity contribution in [2.75, 3.05) is 60.5 Å². The van der Waals surface area contributed by atoms with E-state index in [-0.39, 0.29) is 18.1 Å². The van der Waals surface area contributed by atoms with Gasteiger partial charge >= 0.3 is 0 Å². The molecule has 2 unspecified atom stereocenters. The van der Waals surface area contributed by atoms with Gasteiger partial charge in [0.2, 0.25) is 0 Å². The second-order valence-electron chi connectivity index (χ2n) is 8.13. The van der Waals surface area contributed by atoms with Crippen LogP contribution in [0.1, 0.15) is 30.0 Å². The predicted molar refractivity (Wildman–Crippen MR) is 116 cm³/mol. The van der Waals surface area contributed by atoms with Crippen LogP contribution in [0.4, 0.5) is 0 Å². The summed E-state index contributed by atoms with van der Waals surface area (Å²) >= 11 is 0. The van der Waals surface area contributed by atoms with Crippen molar-refractivity contribution in [3.8, 4) is 0 Å². The number of nitrogens with zero attached hydrogens (tertiary/aromatic N) is 4. The molecule has 1 aromatic rings. The lowest BCUT2D eigenvalue weighted by Crippen LogP contribution is -2.55. The van der Waals surface area contributed by atoms with E-state index in [0.29, 0.717) is 19.7 Å². The summed E-state index contributed by atoms with van der Waals surface area (Å²) in [5, 5.41) is 3.54. The van der Waals surface area contributed by atoms with Gasteiger partial charge in [-0.25, -0.2) is 0 Å². The van der Waals surface area contributed by atoms with Gasteiger partial charge in [-0.1, -0.05) is 29.8 Å². The molecule has 1 aromatic carbocycles. The highest BCUT2D eigenvalue weighted by Gasteiger charge is 2.31. The number of likely N-dealkylation sites (N-methyl/N-ethyl adjacent to an activating group) is 1. The van der Waals surface area contributed by atoms with Crippen LogP contribution in [0.2, 0.25) is 0 Å². The van der Waals surface area contributed by atoms with Crippen LogP contribution >= 0.6 is 0 Å². The number of hydrogen-bond donors (Lipinski definition) is 1. The first-order chi connectivity index (χ1) is 14.0. The second-order valence-corrected chi connectivity index (χ2v) is 8.13. The molecular formula is C22H35N5O2. The second kappa shape index (κ2) is 10.1. The van der Waals surface area contributed by atoms with Crippen LogP contribution < -0.4 is 5.32 Å². The van der Waals surface area contributed by atoms with Crippen molar-refractivity contribution in [1.29, 1.82) is 0 Å². The zero-order chi connectivity index (χ0) is 20.8. The summed E-state index contributed by atoms with van der Waals surface area (Å²) in [4.78, 5) is 23.4. The number of piperazine rings is 1. The molecule has 7 nitrogen and oxygen atoms in total. The lowest BCUT2D eigenvalue weighted by molar-refractivity contribution is -0.142. The topological polar surface area (TPSA) is 60.4 Å². The molecule has 160 valence electrons. The smallest absolute Gasteiger partial charge is 0.251 e. The molecule has 2 aliphatic rings. The maximum atomic E-state index is 12.5. The Labute approximate surface area is 174 Å². The lowest BCUT2D eigenvalue weighted by Gasteiger charge is -2.38. The van der Waals surface area contributed by atoms with Crippen LogP contribution in [0.25, 0.3) is 0 Å². The summed E-state index contributed by atoms with van der Waals surface area (Å²) in [7, 11) is 6.03. The first-order valence-electron chi connectivity index (χ1n) is 10.6. The fourth-order valence-corrected chi connectivity index (χ4v) is 4.02. The molecule has 3 rings (SSSR count). The fraction of sp³-hybridized carbons (Fsp3) is 0.636. The highest BCUT2D eigenvalue weighted by molar-refractivity contribution is 5.82. The van der Waals surface area contributed by atoms with Crippen LogP contribution in [-0.2, 0) is 9.53 Å². The molecular weight excluding hydrogens is 366 g/mol. The molecule has 2 saturated heterocycles.